The summed E-state index contributed by atoms with van der Waals surface area (Å²) in [7, 11) is 1.67. The average molecular weight is 262 g/mol. The number of nitrogens with zero attached hydrogens (tertiary/aromatic N) is 1. The molecule has 1 aromatic rings. The SMILES string of the molecule is COC1CCCc2cc(C(=O)NC(=N)N)c(C)nc21. The van der Waals surface area contributed by atoms with Crippen LogP contribution in [0.2, 0.25) is 0 Å². The summed E-state index contributed by atoms with van der Waals surface area (Å²) in [5.41, 5.74) is 8.22. The van der Waals surface area contributed by atoms with Crippen molar-refractivity contribution in [3.63, 3.8) is 0 Å². The molecule has 0 spiro atoms. The molecule has 0 saturated carbocycles. The second-order valence-electron chi connectivity index (χ2n) is 4.65. The number of carbonyl (C=O) groups is 1. The number of rotatable bonds is 2. The van der Waals surface area contributed by atoms with Crippen LogP contribution in [-0.2, 0) is 11.2 Å². The van der Waals surface area contributed by atoms with E-state index in [4.69, 9.17) is 15.9 Å². The average Bonchev–Trinajstić information content (AvgIpc) is 2.36. The molecule has 1 aliphatic carbocycles. The summed E-state index contributed by atoms with van der Waals surface area (Å²) in [6.45, 7) is 1.77. The summed E-state index contributed by atoms with van der Waals surface area (Å²) in [6.07, 6.45) is 2.87. The maximum absolute atomic E-state index is 11.9. The van der Waals surface area contributed by atoms with Crippen molar-refractivity contribution in [2.45, 2.75) is 32.3 Å². The summed E-state index contributed by atoms with van der Waals surface area (Å²) in [6, 6.07) is 1.83. The summed E-state index contributed by atoms with van der Waals surface area (Å²) in [5, 5.41) is 9.38. The number of guanidine groups is 1. The van der Waals surface area contributed by atoms with Crippen molar-refractivity contribution in [2.24, 2.45) is 5.73 Å². The number of aromatic nitrogens is 1. The minimum Gasteiger partial charge on any atom is -0.375 e. The molecule has 6 nitrogen and oxygen atoms in total. The standard InChI is InChI=1S/C13H18N4O2/c1-7-9(12(18)17-13(14)15)6-8-4-3-5-10(19-2)11(8)16-7/h6,10H,3-5H2,1-2H3,(H4,14,15,17,18). The normalized spacial score (nSPS) is 17.7. The lowest BCUT2D eigenvalue weighted by molar-refractivity contribution is 0.0838. The monoisotopic (exact) mass is 262 g/mol. The molecular weight excluding hydrogens is 244 g/mol. The Hall–Kier alpha value is -1.95. The maximum atomic E-state index is 11.9. The zero-order chi connectivity index (χ0) is 14.0. The molecule has 0 saturated heterocycles. The fourth-order valence-corrected chi connectivity index (χ4v) is 2.41. The smallest absolute Gasteiger partial charge is 0.259 e. The lowest BCUT2D eigenvalue weighted by atomic mass is 9.91. The van der Waals surface area contributed by atoms with Crippen LogP contribution in [-0.4, -0.2) is 24.0 Å². The van der Waals surface area contributed by atoms with Gasteiger partial charge in [-0.3, -0.25) is 20.5 Å². The summed E-state index contributed by atoms with van der Waals surface area (Å²) < 4.78 is 5.42. The van der Waals surface area contributed by atoms with Crippen molar-refractivity contribution in [3.05, 3.63) is 28.6 Å². The number of aryl methyl sites for hydroxylation is 2. The van der Waals surface area contributed by atoms with Crippen LogP contribution in [0.3, 0.4) is 0 Å². The van der Waals surface area contributed by atoms with Gasteiger partial charge in [0.15, 0.2) is 5.96 Å². The van der Waals surface area contributed by atoms with Gasteiger partial charge in [-0.2, -0.15) is 0 Å². The van der Waals surface area contributed by atoms with Crippen molar-refractivity contribution in [1.29, 1.82) is 5.41 Å². The number of hydrogen-bond donors (Lipinski definition) is 3. The minimum absolute atomic E-state index is 0.00682. The maximum Gasteiger partial charge on any atom is 0.259 e. The van der Waals surface area contributed by atoms with Crippen LogP contribution in [0.5, 0.6) is 0 Å². The summed E-state index contributed by atoms with van der Waals surface area (Å²) in [5.74, 6) is -0.753. The molecule has 0 aliphatic heterocycles. The highest BCUT2D eigenvalue weighted by molar-refractivity contribution is 6.05. The van der Waals surface area contributed by atoms with Crippen LogP contribution in [0.4, 0.5) is 0 Å². The summed E-state index contributed by atoms with van der Waals surface area (Å²) in [4.78, 5) is 16.4. The number of fused-ring (bicyclic) bond motifs is 1. The highest BCUT2D eigenvalue weighted by atomic mass is 16.5. The molecule has 0 radical (unpaired) electrons. The number of ether oxygens (including phenoxy) is 1. The van der Waals surface area contributed by atoms with E-state index in [0.29, 0.717) is 11.3 Å². The van der Waals surface area contributed by atoms with Gasteiger partial charge >= 0.3 is 0 Å². The zero-order valence-corrected chi connectivity index (χ0v) is 11.1. The van der Waals surface area contributed by atoms with Crippen molar-refractivity contribution in [2.75, 3.05) is 7.11 Å². The first-order valence-corrected chi connectivity index (χ1v) is 6.21. The van der Waals surface area contributed by atoms with Gasteiger partial charge in [-0.15, -0.1) is 0 Å². The topological polar surface area (TPSA) is 101 Å². The van der Waals surface area contributed by atoms with Crippen LogP contribution in [0.25, 0.3) is 0 Å². The number of carbonyl (C=O) groups excluding carboxylic acids is 1. The Labute approximate surface area is 111 Å². The Bertz CT molecular complexity index is 528. The molecule has 4 N–H and O–H groups in total. The van der Waals surface area contributed by atoms with Gasteiger partial charge in [-0.05, 0) is 37.8 Å². The van der Waals surface area contributed by atoms with E-state index in [1.54, 1.807) is 14.0 Å². The fourth-order valence-electron chi connectivity index (χ4n) is 2.41. The molecule has 6 heteroatoms. The minimum atomic E-state index is -0.389. The molecule has 0 aromatic carbocycles. The van der Waals surface area contributed by atoms with Crippen LogP contribution < -0.4 is 11.1 Å². The van der Waals surface area contributed by atoms with E-state index in [0.717, 1.165) is 30.5 Å². The second kappa shape index (κ2) is 5.36. The van der Waals surface area contributed by atoms with Crippen molar-refractivity contribution in [3.8, 4) is 0 Å². The molecule has 102 valence electrons. The van der Waals surface area contributed by atoms with Gasteiger partial charge in [-0.25, -0.2) is 0 Å². The van der Waals surface area contributed by atoms with Gasteiger partial charge in [-0.1, -0.05) is 0 Å². The molecule has 1 unspecified atom stereocenters. The van der Waals surface area contributed by atoms with Crippen molar-refractivity contribution in [1.82, 2.24) is 10.3 Å². The molecule has 0 bridgehead atoms. The number of pyridine rings is 1. The molecule has 1 amide bonds. The Morgan fingerprint density at radius 2 is 2.37 bits per heavy atom. The van der Waals surface area contributed by atoms with Gasteiger partial charge in [0, 0.05) is 7.11 Å². The Kier molecular flexibility index (Phi) is 3.80. The Morgan fingerprint density at radius 1 is 1.63 bits per heavy atom. The van der Waals surface area contributed by atoms with Crippen LogP contribution in [0.1, 0.15) is 46.3 Å². The van der Waals surface area contributed by atoms with E-state index in [1.165, 1.54) is 0 Å². The third kappa shape index (κ3) is 2.73. The van der Waals surface area contributed by atoms with E-state index in [1.807, 2.05) is 6.07 Å². The largest absolute Gasteiger partial charge is 0.375 e. The van der Waals surface area contributed by atoms with Crippen molar-refractivity contribution >= 4 is 11.9 Å². The zero-order valence-electron chi connectivity index (χ0n) is 11.1. The number of nitrogens with two attached hydrogens (primary N) is 1. The first-order valence-electron chi connectivity index (χ1n) is 6.21. The number of methoxy groups -OCH3 is 1. The molecule has 1 aliphatic rings. The quantitative estimate of drug-likeness (QED) is 0.547. The predicted molar refractivity (Wildman–Crippen MR) is 71.0 cm³/mol. The predicted octanol–water partition coefficient (Wildman–Crippen LogP) is 1.04. The number of nitrogens with one attached hydrogen (secondary N) is 2. The highest BCUT2D eigenvalue weighted by Crippen LogP contribution is 2.31. The van der Waals surface area contributed by atoms with Gasteiger partial charge < -0.3 is 10.5 Å². The van der Waals surface area contributed by atoms with Crippen molar-refractivity contribution < 1.29 is 9.53 Å². The van der Waals surface area contributed by atoms with Gasteiger partial charge in [0.1, 0.15) is 0 Å². The highest BCUT2D eigenvalue weighted by Gasteiger charge is 2.24. The van der Waals surface area contributed by atoms with E-state index in [9.17, 15) is 4.79 Å². The number of amides is 1. The summed E-state index contributed by atoms with van der Waals surface area (Å²) >= 11 is 0. The van der Waals surface area contributed by atoms with Crippen LogP contribution in [0.15, 0.2) is 6.07 Å². The molecule has 1 aromatic heterocycles. The van der Waals surface area contributed by atoms with Gasteiger partial charge in [0.05, 0.1) is 23.1 Å². The lowest BCUT2D eigenvalue weighted by Gasteiger charge is -2.24. The molecule has 2 rings (SSSR count). The van der Waals surface area contributed by atoms with Gasteiger partial charge in [0.2, 0.25) is 0 Å². The fraction of sp³-hybridized carbons (Fsp3) is 0.462. The molecule has 19 heavy (non-hydrogen) atoms. The molecular formula is C13H18N4O2. The molecule has 0 fully saturated rings. The molecule has 1 heterocycles. The van der Waals surface area contributed by atoms with E-state index in [-0.39, 0.29) is 18.0 Å². The Morgan fingerprint density at radius 3 is 3.00 bits per heavy atom. The van der Waals surface area contributed by atoms with Crippen LogP contribution >= 0.6 is 0 Å². The third-order valence-electron chi connectivity index (χ3n) is 3.32. The third-order valence-corrected chi connectivity index (χ3v) is 3.32. The molecule has 1 atom stereocenters. The van der Waals surface area contributed by atoms with E-state index >= 15 is 0 Å². The van der Waals surface area contributed by atoms with Crippen LogP contribution in [0, 0.1) is 12.3 Å². The van der Waals surface area contributed by atoms with Gasteiger partial charge in [0.25, 0.3) is 5.91 Å². The van der Waals surface area contributed by atoms with E-state index < -0.39 is 0 Å². The Balaban J connectivity index is 2.38. The number of hydrogen-bond acceptors (Lipinski definition) is 4. The second-order valence-corrected chi connectivity index (χ2v) is 4.65. The first kappa shape index (κ1) is 13.5. The lowest BCUT2D eigenvalue weighted by Crippen LogP contribution is -2.36. The van der Waals surface area contributed by atoms with E-state index in [2.05, 4.69) is 10.3 Å². The first-order chi connectivity index (χ1) is 9.02.